The summed E-state index contributed by atoms with van der Waals surface area (Å²) in [5.74, 6) is 0.551. The largest absolute Gasteiger partial charge is 0.327 e. The zero-order valence-corrected chi connectivity index (χ0v) is 11.9. The topological polar surface area (TPSA) is 63.4 Å². The molecule has 17 heavy (non-hydrogen) atoms. The summed E-state index contributed by atoms with van der Waals surface area (Å²) in [5.41, 5.74) is 5.90. The van der Waals surface area contributed by atoms with Crippen molar-refractivity contribution in [3.8, 4) is 0 Å². The standard InChI is InChI=1S/C12H26N2O2S/c1-11(2)9-12(13)10-17(15,16)14-7-5-3-4-6-8-14/h11-12H,3-10,13H2,1-2H3. The third kappa shape index (κ3) is 5.36. The average Bonchev–Trinajstić information content (AvgIpc) is 2.42. The van der Waals surface area contributed by atoms with Crippen LogP contribution in [0.25, 0.3) is 0 Å². The van der Waals surface area contributed by atoms with Gasteiger partial charge in [-0.3, -0.25) is 0 Å². The predicted octanol–water partition coefficient (Wildman–Crippen LogP) is 1.57. The molecule has 1 aliphatic rings. The van der Waals surface area contributed by atoms with Crippen LogP contribution in [0.3, 0.4) is 0 Å². The Kier molecular flexibility index (Phi) is 5.89. The molecule has 1 aliphatic heterocycles. The van der Waals surface area contributed by atoms with Crippen molar-refractivity contribution in [2.45, 2.75) is 52.0 Å². The fourth-order valence-corrected chi connectivity index (χ4v) is 4.07. The van der Waals surface area contributed by atoms with E-state index >= 15 is 0 Å². The lowest BCUT2D eigenvalue weighted by Crippen LogP contribution is -2.40. The van der Waals surface area contributed by atoms with E-state index in [1.54, 1.807) is 4.31 Å². The molecule has 1 rings (SSSR count). The number of rotatable bonds is 5. The van der Waals surface area contributed by atoms with Gasteiger partial charge in [0.25, 0.3) is 0 Å². The first kappa shape index (κ1) is 14.9. The Bertz CT molecular complexity index is 306. The Morgan fingerprint density at radius 2 is 1.65 bits per heavy atom. The summed E-state index contributed by atoms with van der Waals surface area (Å²) in [4.78, 5) is 0. The summed E-state index contributed by atoms with van der Waals surface area (Å²) in [5, 5.41) is 0. The quantitative estimate of drug-likeness (QED) is 0.818. The van der Waals surface area contributed by atoms with Crippen molar-refractivity contribution < 1.29 is 8.42 Å². The molecular weight excluding hydrogens is 236 g/mol. The van der Waals surface area contributed by atoms with Gasteiger partial charge in [-0.2, -0.15) is 0 Å². The minimum Gasteiger partial charge on any atom is -0.327 e. The van der Waals surface area contributed by atoms with E-state index in [1.807, 2.05) is 0 Å². The van der Waals surface area contributed by atoms with Crippen molar-refractivity contribution in [1.82, 2.24) is 4.31 Å². The van der Waals surface area contributed by atoms with Crippen LogP contribution < -0.4 is 5.73 Å². The van der Waals surface area contributed by atoms with Crippen LogP contribution in [0.4, 0.5) is 0 Å². The lowest BCUT2D eigenvalue weighted by Gasteiger charge is -2.22. The van der Waals surface area contributed by atoms with Gasteiger partial charge in [0.05, 0.1) is 5.75 Å². The molecule has 102 valence electrons. The van der Waals surface area contributed by atoms with Crippen LogP contribution in [0.5, 0.6) is 0 Å². The van der Waals surface area contributed by atoms with Crippen LogP contribution in [0.2, 0.25) is 0 Å². The van der Waals surface area contributed by atoms with Gasteiger partial charge in [0.15, 0.2) is 0 Å². The van der Waals surface area contributed by atoms with E-state index in [0.29, 0.717) is 19.0 Å². The average molecular weight is 262 g/mol. The zero-order chi connectivity index (χ0) is 12.9. The summed E-state index contributed by atoms with van der Waals surface area (Å²) >= 11 is 0. The molecule has 0 aliphatic carbocycles. The van der Waals surface area contributed by atoms with Crippen molar-refractivity contribution in [2.24, 2.45) is 11.7 Å². The molecule has 1 saturated heterocycles. The summed E-state index contributed by atoms with van der Waals surface area (Å²) in [6.45, 7) is 5.49. The molecule has 0 amide bonds. The molecule has 1 atom stereocenters. The van der Waals surface area contributed by atoms with Crippen LogP contribution in [0.1, 0.15) is 46.0 Å². The molecule has 1 unspecified atom stereocenters. The molecular formula is C12H26N2O2S. The summed E-state index contributed by atoms with van der Waals surface area (Å²) in [7, 11) is -3.14. The normalized spacial score (nSPS) is 21.4. The molecule has 1 fully saturated rings. The molecule has 5 heteroatoms. The molecule has 0 aromatic heterocycles. The van der Waals surface area contributed by atoms with E-state index in [2.05, 4.69) is 13.8 Å². The van der Waals surface area contributed by atoms with Crippen molar-refractivity contribution in [2.75, 3.05) is 18.8 Å². The second-order valence-corrected chi connectivity index (χ2v) is 7.50. The fourth-order valence-electron chi connectivity index (χ4n) is 2.37. The van der Waals surface area contributed by atoms with E-state index in [4.69, 9.17) is 5.73 Å². The Balaban J connectivity index is 2.54. The van der Waals surface area contributed by atoms with Crippen LogP contribution in [0.15, 0.2) is 0 Å². The Morgan fingerprint density at radius 3 is 2.12 bits per heavy atom. The van der Waals surface area contributed by atoms with Crippen molar-refractivity contribution in [1.29, 1.82) is 0 Å². The minimum absolute atomic E-state index is 0.102. The number of hydrogen-bond acceptors (Lipinski definition) is 3. The van der Waals surface area contributed by atoms with Gasteiger partial charge >= 0.3 is 0 Å². The van der Waals surface area contributed by atoms with E-state index in [1.165, 1.54) is 0 Å². The first-order valence-electron chi connectivity index (χ1n) is 6.65. The smallest absolute Gasteiger partial charge is 0.215 e. The lowest BCUT2D eigenvalue weighted by molar-refractivity contribution is 0.416. The summed E-state index contributed by atoms with van der Waals surface area (Å²) in [6.07, 6.45) is 5.03. The third-order valence-corrected chi connectivity index (χ3v) is 5.16. The Morgan fingerprint density at radius 1 is 1.12 bits per heavy atom. The van der Waals surface area contributed by atoms with Gasteiger partial charge in [0.2, 0.25) is 10.0 Å². The second-order valence-electron chi connectivity index (χ2n) is 5.48. The highest BCUT2D eigenvalue weighted by Crippen LogP contribution is 2.15. The number of hydrogen-bond donors (Lipinski definition) is 1. The maximum Gasteiger partial charge on any atom is 0.215 e. The van der Waals surface area contributed by atoms with Crippen LogP contribution in [-0.4, -0.2) is 37.6 Å². The van der Waals surface area contributed by atoms with Gasteiger partial charge < -0.3 is 5.73 Å². The molecule has 4 nitrogen and oxygen atoms in total. The van der Waals surface area contributed by atoms with Crippen molar-refractivity contribution in [3.63, 3.8) is 0 Å². The monoisotopic (exact) mass is 262 g/mol. The van der Waals surface area contributed by atoms with Gasteiger partial charge in [-0.25, -0.2) is 12.7 Å². The minimum atomic E-state index is -3.14. The van der Waals surface area contributed by atoms with Gasteiger partial charge in [-0.15, -0.1) is 0 Å². The Labute approximate surface area is 106 Å². The highest BCUT2D eigenvalue weighted by atomic mass is 32.2. The van der Waals surface area contributed by atoms with Gasteiger partial charge in [0, 0.05) is 19.1 Å². The summed E-state index contributed by atoms with van der Waals surface area (Å²) in [6, 6.07) is -0.233. The molecule has 0 radical (unpaired) electrons. The van der Waals surface area contributed by atoms with Gasteiger partial charge in [-0.05, 0) is 25.2 Å². The lowest BCUT2D eigenvalue weighted by atomic mass is 10.1. The summed E-state index contributed by atoms with van der Waals surface area (Å²) < 4.78 is 26.0. The fraction of sp³-hybridized carbons (Fsp3) is 1.00. The number of sulfonamides is 1. The maximum absolute atomic E-state index is 12.2. The maximum atomic E-state index is 12.2. The Hall–Kier alpha value is -0.130. The molecule has 1 heterocycles. The van der Waals surface area contributed by atoms with E-state index in [9.17, 15) is 8.42 Å². The van der Waals surface area contributed by atoms with Crippen molar-refractivity contribution >= 4 is 10.0 Å². The predicted molar refractivity (Wildman–Crippen MR) is 71.3 cm³/mol. The van der Waals surface area contributed by atoms with Crippen LogP contribution >= 0.6 is 0 Å². The van der Waals surface area contributed by atoms with Crippen LogP contribution in [0, 0.1) is 5.92 Å². The first-order valence-corrected chi connectivity index (χ1v) is 8.26. The van der Waals surface area contributed by atoms with Crippen molar-refractivity contribution in [3.05, 3.63) is 0 Å². The van der Waals surface area contributed by atoms with E-state index in [0.717, 1.165) is 32.1 Å². The molecule has 0 bridgehead atoms. The van der Waals surface area contributed by atoms with Gasteiger partial charge in [-0.1, -0.05) is 26.7 Å². The third-order valence-electron chi connectivity index (χ3n) is 3.16. The van der Waals surface area contributed by atoms with E-state index in [-0.39, 0.29) is 11.8 Å². The molecule has 0 saturated carbocycles. The number of nitrogens with zero attached hydrogens (tertiary/aromatic N) is 1. The highest BCUT2D eigenvalue weighted by Gasteiger charge is 2.25. The first-order chi connectivity index (χ1) is 7.92. The van der Waals surface area contributed by atoms with Gasteiger partial charge in [0.1, 0.15) is 0 Å². The second kappa shape index (κ2) is 6.71. The molecule has 0 spiro atoms. The van der Waals surface area contributed by atoms with Crippen LogP contribution in [-0.2, 0) is 10.0 Å². The molecule has 0 aromatic carbocycles. The molecule has 0 aromatic rings. The number of nitrogens with two attached hydrogens (primary N) is 1. The SMILES string of the molecule is CC(C)CC(N)CS(=O)(=O)N1CCCCCC1. The zero-order valence-electron chi connectivity index (χ0n) is 11.1. The highest BCUT2D eigenvalue weighted by molar-refractivity contribution is 7.89. The van der Waals surface area contributed by atoms with E-state index < -0.39 is 10.0 Å². The molecule has 2 N–H and O–H groups in total.